The minimum Gasteiger partial charge on any atom is -0.475 e. The Balaban J connectivity index is 0.000000345. The van der Waals surface area contributed by atoms with Gasteiger partial charge in [-0.05, 0) is 60.8 Å². The van der Waals surface area contributed by atoms with E-state index < -0.39 is 24.3 Å². The van der Waals surface area contributed by atoms with Crippen molar-refractivity contribution < 1.29 is 60.1 Å². The van der Waals surface area contributed by atoms with Crippen LogP contribution in [0.15, 0.2) is 42.5 Å². The van der Waals surface area contributed by atoms with E-state index in [1.165, 1.54) is 11.6 Å². The van der Waals surface area contributed by atoms with Gasteiger partial charge in [0.1, 0.15) is 5.82 Å². The number of ether oxygens (including phenoxy) is 1. The fraction of sp³-hybridized carbons (Fsp3) is 0.500. The van der Waals surface area contributed by atoms with E-state index in [2.05, 4.69) is 29.0 Å². The number of carbonyl (C=O) groups excluding carboxylic acids is 1. The first kappa shape index (κ1) is 36.7. The zero-order valence-electron chi connectivity index (χ0n) is 24.8. The Morgan fingerprint density at radius 1 is 0.848 bits per heavy atom. The molecule has 9 nitrogen and oxygen atoms in total. The molecule has 2 aromatic carbocycles. The van der Waals surface area contributed by atoms with Crippen LogP contribution < -0.4 is 4.90 Å². The van der Waals surface area contributed by atoms with Crippen LogP contribution in [0.2, 0.25) is 0 Å². The van der Waals surface area contributed by atoms with Gasteiger partial charge in [-0.2, -0.15) is 26.3 Å². The quantitative estimate of drug-likeness (QED) is 0.449. The summed E-state index contributed by atoms with van der Waals surface area (Å²) in [6.45, 7) is 7.15. The summed E-state index contributed by atoms with van der Waals surface area (Å²) >= 11 is 0. The largest absolute Gasteiger partial charge is 0.490 e. The molecule has 0 saturated carbocycles. The van der Waals surface area contributed by atoms with Crippen LogP contribution in [0.4, 0.5) is 36.4 Å². The number of likely N-dealkylation sites (N-methyl/N-ethyl adjacent to an activating group) is 1. The van der Waals surface area contributed by atoms with Gasteiger partial charge in [0.25, 0.3) is 0 Å². The second-order valence-electron chi connectivity index (χ2n) is 11.1. The van der Waals surface area contributed by atoms with E-state index in [1.54, 1.807) is 12.1 Å². The number of carbonyl (C=O) groups is 3. The third-order valence-corrected chi connectivity index (χ3v) is 7.95. The normalized spacial score (nSPS) is 18.1. The minimum absolute atomic E-state index is 0.0690. The zero-order valence-corrected chi connectivity index (χ0v) is 24.8. The molecule has 3 aliphatic heterocycles. The maximum atomic E-state index is 13.8. The van der Waals surface area contributed by atoms with Gasteiger partial charge < -0.3 is 29.6 Å². The average molecular weight is 666 g/mol. The number of amides is 1. The van der Waals surface area contributed by atoms with Gasteiger partial charge >= 0.3 is 24.3 Å². The Morgan fingerprint density at radius 2 is 1.39 bits per heavy atom. The van der Waals surface area contributed by atoms with Gasteiger partial charge in [0.15, 0.2) is 0 Å². The van der Waals surface area contributed by atoms with Gasteiger partial charge in [0.2, 0.25) is 5.91 Å². The molecule has 0 atom stereocenters. The second-order valence-corrected chi connectivity index (χ2v) is 11.1. The first-order valence-corrected chi connectivity index (χ1v) is 14.2. The van der Waals surface area contributed by atoms with Crippen LogP contribution in [0.3, 0.4) is 0 Å². The summed E-state index contributed by atoms with van der Waals surface area (Å²) in [6.07, 6.45) is -7.80. The highest BCUT2D eigenvalue weighted by Crippen LogP contribution is 2.48. The van der Waals surface area contributed by atoms with E-state index >= 15 is 0 Å². The number of rotatable bonds is 4. The Bertz CT molecular complexity index is 1350. The molecule has 3 heterocycles. The summed E-state index contributed by atoms with van der Waals surface area (Å²) in [7, 11) is 2.15. The molecular weight excluding hydrogens is 631 g/mol. The predicted molar refractivity (Wildman–Crippen MR) is 152 cm³/mol. The highest BCUT2D eigenvalue weighted by molar-refractivity contribution is 5.97. The molecule has 2 fully saturated rings. The standard InChI is InChI=1S/C26H32FN3O2.2C2HF3O2/c1-28-11-13-29(14-12-28)10-7-25(31)30-19-26(8-15-32-16-9-26)23-18-21(5-6-24(23)30)20-3-2-4-22(27)17-20;2*3-2(4,5)1(6)7/h2-6,17-18H,7-16,19H2,1H3;2*(H,6,7). The van der Waals surface area contributed by atoms with Crippen molar-refractivity contribution in [3.8, 4) is 11.1 Å². The Morgan fingerprint density at radius 3 is 1.91 bits per heavy atom. The lowest BCUT2D eigenvalue weighted by Gasteiger charge is -2.34. The van der Waals surface area contributed by atoms with Gasteiger partial charge in [-0.25, -0.2) is 14.0 Å². The molecule has 1 spiro atoms. The van der Waals surface area contributed by atoms with Crippen molar-refractivity contribution in [2.75, 3.05) is 64.4 Å². The molecule has 2 aromatic rings. The molecule has 5 rings (SSSR count). The SMILES string of the molecule is CN1CCN(CCC(=O)N2CC3(CCOCC3)c3cc(-c4cccc(F)c4)ccc32)CC1.O=C(O)C(F)(F)F.O=C(O)C(F)(F)F. The lowest BCUT2D eigenvalue weighted by Crippen LogP contribution is -2.46. The highest BCUT2D eigenvalue weighted by atomic mass is 19.4. The van der Waals surface area contributed by atoms with Crippen molar-refractivity contribution in [3.05, 3.63) is 53.8 Å². The molecule has 3 aliphatic rings. The van der Waals surface area contributed by atoms with E-state index in [1.807, 2.05) is 17.0 Å². The number of carboxylic acid groups (broad SMARTS) is 2. The van der Waals surface area contributed by atoms with Crippen LogP contribution in [0.5, 0.6) is 0 Å². The summed E-state index contributed by atoms with van der Waals surface area (Å²) in [4.78, 5) is 37.9. The van der Waals surface area contributed by atoms with Gasteiger partial charge in [-0.1, -0.05) is 18.2 Å². The fourth-order valence-corrected chi connectivity index (χ4v) is 5.39. The predicted octanol–water partition coefficient (Wildman–Crippen LogP) is 4.79. The van der Waals surface area contributed by atoms with Crippen molar-refractivity contribution in [1.82, 2.24) is 9.80 Å². The average Bonchev–Trinajstić information content (AvgIpc) is 3.29. The second kappa shape index (κ2) is 15.2. The third kappa shape index (κ3) is 9.87. The van der Waals surface area contributed by atoms with Crippen molar-refractivity contribution >= 4 is 23.5 Å². The number of nitrogens with zero attached hydrogens (tertiary/aromatic N) is 3. The molecular formula is C30H34F7N3O6. The van der Waals surface area contributed by atoms with E-state index in [-0.39, 0.29) is 17.1 Å². The topological polar surface area (TPSA) is 111 Å². The molecule has 2 N–H and O–H groups in total. The minimum atomic E-state index is -5.08. The van der Waals surface area contributed by atoms with E-state index in [0.717, 1.165) is 68.9 Å². The van der Waals surface area contributed by atoms with E-state index in [4.69, 9.17) is 24.5 Å². The van der Waals surface area contributed by atoms with Crippen LogP contribution in [0, 0.1) is 5.82 Å². The number of benzene rings is 2. The van der Waals surface area contributed by atoms with Crippen LogP contribution in [-0.4, -0.2) is 110 Å². The highest BCUT2D eigenvalue weighted by Gasteiger charge is 2.45. The van der Waals surface area contributed by atoms with Gasteiger partial charge in [0, 0.05) is 70.0 Å². The maximum absolute atomic E-state index is 13.8. The van der Waals surface area contributed by atoms with Gasteiger partial charge in [0.05, 0.1) is 0 Å². The van der Waals surface area contributed by atoms with Crippen molar-refractivity contribution in [2.24, 2.45) is 0 Å². The molecule has 0 aliphatic carbocycles. The number of halogens is 7. The molecule has 2 saturated heterocycles. The molecule has 0 aromatic heterocycles. The van der Waals surface area contributed by atoms with Crippen LogP contribution in [0.25, 0.3) is 11.1 Å². The smallest absolute Gasteiger partial charge is 0.475 e. The number of anilines is 1. The lowest BCUT2D eigenvalue weighted by atomic mass is 9.75. The first-order chi connectivity index (χ1) is 21.4. The van der Waals surface area contributed by atoms with Crippen LogP contribution in [0.1, 0.15) is 24.8 Å². The molecule has 1 amide bonds. The number of alkyl halides is 6. The Labute approximate surface area is 260 Å². The third-order valence-electron chi connectivity index (χ3n) is 7.95. The number of aliphatic carboxylic acids is 2. The molecule has 0 bridgehead atoms. The maximum Gasteiger partial charge on any atom is 0.490 e. The van der Waals surface area contributed by atoms with E-state index in [0.29, 0.717) is 19.6 Å². The van der Waals surface area contributed by atoms with Crippen molar-refractivity contribution in [3.63, 3.8) is 0 Å². The van der Waals surface area contributed by atoms with Crippen LogP contribution in [-0.2, 0) is 24.5 Å². The molecule has 0 unspecified atom stereocenters. The summed E-state index contributed by atoms with van der Waals surface area (Å²) in [5.41, 5.74) is 4.04. The Hall–Kier alpha value is -3.76. The Kier molecular flexibility index (Phi) is 12.1. The van der Waals surface area contributed by atoms with Crippen molar-refractivity contribution in [2.45, 2.75) is 37.0 Å². The number of fused-ring (bicyclic) bond motifs is 2. The van der Waals surface area contributed by atoms with Crippen molar-refractivity contribution in [1.29, 1.82) is 0 Å². The first-order valence-electron chi connectivity index (χ1n) is 14.2. The fourth-order valence-electron chi connectivity index (χ4n) is 5.39. The number of hydrogen-bond donors (Lipinski definition) is 2. The number of piperazine rings is 1. The van der Waals surface area contributed by atoms with Crippen LogP contribution >= 0.6 is 0 Å². The molecule has 254 valence electrons. The molecule has 0 radical (unpaired) electrons. The summed E-state index contributed by atoms with van der Waals surface area (Å²) in [5, 5.41) is 14.2. The molecule has 46 heavy (non-hydrogen) atoms. The summed E-state index contributed by atoms with van der Waals surface area (Å²) in [5.74, 6) is -5.54. The van der Waals surface area contributed by atoms with Gasteiger partial charge in [-0.3, -0.25) is 4.79 Å². The number of hydrogen-bond acceptors (Lipinski definition) is 6. The zero-order chi connectivity index (χ0) is 34.3. The van der Waals surface area contributed by atoms with Gasteiger partial charge in [-0.15, -0.1) is 0 Å². The monoisotopic (exact) mass is 665 g/mol. The lowest BCUT2D eigenvalue weighted by molar-refractivity contribution is -0.193. The van der Waals surface area contributed by atoms with E-state index in [9.17, 15) is 35.5 Å². The summed E-state index contributed by atoms with van der Waals surface area (Å²) in [6, 6.07) is 13.0. The molecule has 16 heteroatoms. The summed E-state index contributed by atoms with van der Waals surface area (Å²) < 4.78 is 83.0. The number of carboxylic acids is 2.